The summed E-state index contributed by atoms with van der Waals surface area (Å²) >= 11 is 0. The molecular formula is C20H19FN2O3S. The summed E-state index contributed by atoms with van der Waals surface area (Å²) in [6.45, 7) is 3.87. The maximum atomic E-state index is 13.4. The molecule has 2 aromatic carbocycles. The van der Waals surface area contributed by atoms with Crippen LogP contribution in [0.15, 0.2) is 72.3 Å². The van der Waals surface area contributed by atoms with Gasteiger partial charge in [-0.15, -0.1) is 6.58 Å². The van der Waals surface area contributed by atoms with Crippen molar-refractivity contribution in [2.75, 3.05) is 6.54 Å². The molecule has 0 spiro atoms. The first-order valence-electron chi connectivity index (χ1n) is 8.33. The fourth-order valence-corrected chi connectivity index (χ4v) is 4.48. The van der Waals surface area contributed by atoms with E-state index in [1.54, 1.807) is 41.0 Å². The Morgan fingerprint density at radius 3 is 2.70 bits per heavy atom. The van der Waals surface area contributed by atoms with Crippen LogP contribution in [-0.4, -0.2) is 25.4 Å². The zero-order valence-corrected chi connectivity index (χ0v) is 15.4. The molecule has 0 bridgehead atoms. The minimum absolute atomic E-state index is 0.0101. The Morgan fingerprint density at radius 2 is 1.96 bits per heavy atom. The van der Waals surface area contributed by atoms with E-state index in [2.05, 4.69) is 11.9 Å². The van der Waals surface area contributed by atoms with E-state index in [1.165, 1.54) is 24.4 Å². The molecule has 1 N–H and O–H groups in total. The summed E-state index contributed by atoms with van der Waals surface area (Å²) in [6, 6.07) is 12.5. The molecule has 0 saturated heterocycles. The number of benzene rings is 2. The molecule has 7 heteroatoms. The molecule has 3 aromatic rings. The normalized spacial score (nSPS) is 11.4. The Bertz CT molecular complexity index is 1100. The largest absolute Gasteiger partial charge is 0.351 e. The number of sulfone groups is 1. The van der Waals surface area contributed by atoms with Crippen molar-refractivity contribution in [2.24, 2.45) is 0 Å². The molecule has 0 atom stereocenters. The second-order valence-electron chi connectivity index (χ2n) is 6.12. The van der Waals surface area contributed by atoms with Gasteiger partial charge < -0.3 is 9.88 Å². The van der Waals surface area contributed by atoms with Crippen LogP contribution in [0.4, 0.5) is 4.39 Å². The molecule has 1 amide bonds. The summed E-state index contributed by atoms with van der Waals surface area (Å²) in [5, 5.41) is 3.20. The van der Waals surface area contributed by atoms with Gasteiger partial charge in [0.25, 0.3) is 0 Å². The molecular weight excluding hydrogens is 367 g/mol. The van der Waals surface area contributed by atoms with Crippen LogP contribution in [0, 0.1) is 5.82 Å². The Hall–Kier alpha value is -2.93. The molecule has 0 radical (unpaired) electrons. The second kappa shape index (κ2) is 7.75. The van der Waals surface area contributed by atoms with Gasteiger partial charge in [-0.05, 0) is 23.8 Å². The fraction of sp³-hybridized carbons (Fsp3) is 0.150. The van der Waals surface area contributed by atoms with Crippen LogP contribution in [0.25, 0.3) is 10.9 Å². The van der Waals surface area contributed by atoms with Gasteiger partial charge in [0.05, 0.1) is 10.6 Å². The number of rotatable bonds is 7. The lowest BCUT2D eigenvalue weighted by Crippen LogP contribution is -2.27. The molecule has 0 aliphatic heterocycles. The third-order valence-corrected chi connectivity index (χ3v) is 5.80. The maximum Gasteiger partial charge on any atom is 0.240 e. The van der Waals surface area contributed by atoms with E-state index in [9.17, 15) is 17.6 Å². The van der Waals surface area contributed by atoms with Crippen molar-refractivity contribution in [3.63, 3.8) is 0 Å². The highest BCUT2D eigenvalue weighted by atomic mass is 32.2. The van der Waals surface area contributed by atoms with Crippen molar-refractivity contribution in [3.8, 4) is 0 Å². The van der Waals surface area contributed by atoms with E-state index < -0.39 is 15.7 Å². The number of amides is 1. The van der Waals surface area contributed by atoms with Gasteiger partial charge >= 0.3 is 0 Å². The van der Waals surface area contributed by atoms with Crippen molar-refractivity contribution in [1.82, 2.24) is 9.88 Å². The molecule has 3 rings (SSSR count). The minimum atomic E-state index is -3.72. The van der Waals surface area contributed by atoms with E-state index in [0.717, 1.165) is 0 Å². The summed E-state index contributed by atoms with van der Waals surface area (Å²) in [5.41, 5.74) is 1.01. The van der Waals surface area contributed by atoms with Gasteiger partial charge in [-0.2, -0.15) is 0 Å². The Kier molecular flexibility index (Phi) is 5.41. The van der Waals surface area contributed by atoms with Gasteiger partial charge in [0.1, 0.15) is 12.4 Å². The van der Waals surface area contributed by atoms with Crippen LogP contribution >= 0.6 is 0 Å². The van der Waals surface area contributed by atoms with Gasteiger partial charge in [0, 0.05) is 23.6 Å². The quantitative estimate of drug-likeness (QED) is 0.635. The van der Waals surface area contributed by atoms with Gasteiger partial charge in [-0.1, -0.05) is 36.4 Å². The molecule has 5 nitrogen and oxygen atoms in total. The van der Waals surface area contributed by atoms with E-state index in [-0.39, 0.29) is 23.1 Å². The lowest BCUT2D eigenvalue weighted by atomic mass is 10.2. The number of nitrogens with one attached hydrogen (secondary N) is 1. The topological polar surface area (TPSA) is 68.2 Å². The number of nitrogens with zero attached hydrogens (tertiary/aromatic N) is 1. The molecule has 140 valence electrons. The highest BCUT2D eigenvalue weighted by molar-refractivity contribution is 7.90. The number of hydrogen-bond acceptors (Lipinski definition) is 3. The molecule has 1 aromatic heterocycles. The molecule has 0 aliphatic carbocycles. The Balaban J connectivity index is 1.98. The number of para-hydroxylation sites is 1. The summed E-state index contributed by atoms with van der Waals surface area (Å²) in [6.07, 6.45) is 3.04. The van der Waals surface area contributed by atoms with Crippen LogP contribution in [0.1, 0.15) is 5.56 Å². The van der Waals surface area contributed by atoms with Crippen molar-refractivity contribution < 1.29 is 17.6 Å². The average molecular weight is 386 g/mol. The lowest BCUT2D eigenvalue weighted by molar-refractivity contribution is -0.121. The molecule has 0 fully saturated rings. The first-order valence-corrected chi connectivity index (χ1v) is 9.98. The third kappa shape index (κ3) is 4.25. The zero-order valence-electron chi connectivity index (χ0n) is 14.6. The highest BCUT2D eigenvalue weighted by Crippen LogP contribution is 2.28. The SMILES string of the molecule is C=CCNC(=O)Cn1cc(S(=O)(=O)Cc2cccc(F)c2)c2ccccc21. The monoisotopic (exact) mass is 386 g/mol. The molecule has 0 saturated carbocycles. The number of aromatic nitrogens is 1. The van der Waals surface area contributed by atoms with Crippen LogP contribution in [0.2, 0.25) is 0 Å². The van der Waals surface area contributed by atoms with Crippen LogP contribution in [0.3, 0.4) is 0 Å². The summed E-state index contributed by atoms with van der Waals surface area (Å²) in [5.74, 6) is -1.05. The van der Waals surface area contributed by atoms with Crippen molar-refractivity contribution in [1.29, 1.82) is 0 Å². The van der Waals surface area contributed by atoms with E-state index in [1.807, 2.05) is 0 Å². The van der Waals surface area contributed by atoms with Gasteiger partial charge in [-0.25, -0.2) is 12.8 Å². The number of hydrogen-bond donors (Lipinski definition) is 1. The predicted molar refractivity (Wildman–Crippen MR) is 102 cm³/mol. The number of carbonyl (C=O) groups excluding carboxylic acids is 1. The second-order valence-corrected chi connectivity index (χ2v) is 8.08. The minimum Gasteiger partial charge on any atom is -0.351 e. The van der Waals surface area contributed by atoms with Gasteiger partial charge in [0.2, 0.25) is 5.91 Å². The third-order valence-electron chi connectivity index (χ3n) is 4.09. The summed E-state index contributed by atoms with van der Waals surface area (Å²) < 4.78 is 40.9. The molecule has 27 heavy (non-hydrogen) atoms. The first kappa shape index (κ1) is 18.8. The molecule has 0 aliphatic rings. The summed E-state index contributed by atoms with van der Waals surface area (Å²) in [4.78, 5) is 12.2. The smallest absolute Gasteiger partial charge is 0.240 e. The molecule has 0 unspecified atom stereocenters. The fourth-order valence-electron chi connectivity index (χ4n) is 2.91. The predicted octanol–water partition coefficient (Wildman–Crippen LogP) is 3.06. The van der Waals surface area contributed by atoms with E-state index >= 15 is 0 Å². The van der Waals surface area contributed by atoms with Gasteiger partial charge in [0.15, 0.2) is 9.84 Å². The Labute approximate surface area is 157 Å². The zero-order chi connectivity index (χ0) is 19.4. The standard InChI is InChI=1S/C20H19FN2O3S/c1-2-10-22-20(24)13-23-12-19(17-8-3-4-9-18(17)23)27(25,26)14-15-6-5-7-16(21)11-15/h2-9,11-12H,1,10,13-14H2,(H,22,24). The highest BCUT2D eigenvalue weighted by Gasteiger charge is 2.22. The Morgan fingerprint density at radius 1 is 1.19 bits per heavy atom. The van der Waals surface area contributed by atoms with Crippen LogP contribution in [-0.2, 0) is 26.9 Å². The molecule has 1 heterocycles. The van der Waals surface area contributed by atoms with E-state index in [0.29, 0.717) is 23.0 Å². The van der Waals surface area contributed by atoms with Crippen LogP contribution in [0.5, 0.6) is 0 Å². The van der Waals surface area contributed by atoms with E-state index in [4.69, 9.17) is 0 Å². The van der Waals surface area contributed by atoms with Crippen LogP contribution < -0.4 is 5.32 Å². The number of fused-ring (bicyclic) bond motifs is 1. The number of halogens is 1. The van der Waals surface area contributed by atoms with Crippen molar-refractivity contribution in [2.45, 2.75) is 17.2 Å². The average Bonchev–Trinajstić information content (AvgIpc) is 2.99. The lowest BCUT2D eigenvalue weighted by Gasteiger charge is -2.05. The summed E-state index contributed by atoms with van der Waals surface area (Å²) in [7, 11) is -3.72. The maximum absolute atomic E-state index is 13.4. The number of carbonyl (C=O) groups is 1. The van der Waals surface area contributed by atoms with Gasteiger partial charge in [-0.3, -0.25) is 4.79 Å². The van der Waals surface area contributed by atoms with Crippen molar-refractivity contribution in [3.05, 3.63) is 78.8 Å². The van der Waals surface area contributed by atoms with Crippen molar-refractivity contribution >= 4 is 26.6 Å². The first-order chi connectivity index (χ1) is 12.9.